The first-order chi connectivity index (χ1) is 7.66. The minimum atomic E-state index is -0.577. The molecule has 1 saturated heterocycles. The molecule has 0 aliphatic carbocycles. The highest BCUT2D eigenvalue weighted by molar-refractivity contribution is 5.92. The predicted molar refractivity (Wildman–Crippen MR) is 57.6 cm³/mol. The third-order valence-corrected chi connectivity index (χ3v) is 2.70. The highest BCUT2D eigenvalue weighted by atomic mass is 19.1. The van der Waals surface area contributed by atoms with Crippen LogP contribution in [0, 0.1) is 5.82 Å². The molecule has 1 fully saturated rings. The number of rotatable bonds is 2. The zero-order chi connectivity index (χ0) is 11.5. The van der Waals surface area contributed by atoms with E-state index in [1.54, 1.807) is 0 Å². The van der Waals surface area contributed by atoms with Crippen LogP contribution in [0.5, 0.6) is 0 Å². The molecule has 2 heterocycles. The van der Waals surface area contributed by atoms with E-state index >= 15 is 0 Å². The largest absolute Gasteiger partial charge is 0.347 e. The first kappa shape index (κ1) is 11.0. The molecule has 0 radical (unpaired) electrons. The van der Waals surface area contributed by atoms with Crippen LogP contribution in [0.25, 0.3) is 0 Å². The van der Waals surface area contributed by atoms with Crippen molar-refractivity contribution in [3.8, 4) is 0 Å². The summed E-state index contributed by atoms with van der Waals surface area (Å²) in [5.41, 5.74) is -0.128. The van der Waals surface area contributed by atoms with Crippen LogP contribution >= 0.6 is 0 Å². The molecule has 1 aromatic rings. The van der Waals surface area contributed by atoms with Gasteiger partial charge in [0.25, 0.3) is 5.91 Å². The highest BCUT2D eigenvalue weighted by Gasteiger charge is 2.23. The quantitative estimate of drug-likeness (QED) is 0.801. The normalized spacial score (nSPS) is 21.0. The Balaban J connectivity index is 2.01. The summed E-state index contributed by atoms with van der Waals surface area (Å²) in [4.78, 5) is 17.6. The summed E-state index contributed by atoms with van der Waals surface area (Å²) in [6.45, 7) is 1.76. The van der Waals surface area contributed by atoms with Crippen molar-refractivity contribution in [2.45, 2.75) is 12.5 Å². The molecule has 0 bridgehead atoms. The zero-order valence-corrected chi connectivity index (χ0v) is 9.11. The summed E-state index contributed by atoms with van der Waals surface area (Å²) in [6, 6.07) is 2.80. The number of nitrogens with zero attached hydrogens (tertiary/aromatic N) is 2. The van der Waals surface area contributed by atoms with Gasteiger partial charge in [-0.15, -0.1) is 0 Å². The summed E-state index contributed by atoms with van der Waals surface area (Å²) in [5, 5.41) is 2.78. The van der Waals surface area contributed by atoms with E-state index in [0.29, 0.717) is 0 Å². The van der Waals surface area contributed by atoms with E-state index in [1.165, 1.54) is 18.3 Å². The average Bonchev–Trinajstić information content (AvgIpc) is 2.64. The molecule has 5 heteroatoms. The van der Waals surface area contributed by atoms with Crippen LogP contribution in [0.2, 0.25) is 0 Å². The molecule has 2 rings (SSSR count). The van der Waals surface area contributed by atoms with Crippen molar-refractivity contribution >= 4 is 5.91 Å². The number of hydrogen-bond acceptors (Lipinski definition) is 3. The number of halogens is 1. The molecule has 0 spiro atoms. The number of hydrogen-bond donors (Lipinski definition) is 1. The van der Waals surface area contributed by atoms with Crippen LogP contribution < -0.4 is 5.32 Å². The predicted octanol–water partition coefficient (Wildman–Crippen LogP) is 0.655. The fourth-order valence-corrected chi connectivity index (χ4v) is 1.86. The lowest BCUT2D eigenvalue weighted by Gasteiger charge is -2.12. The number of likely N-dealkylation sites (N-methyl/N-ethyl adjacent to an activating group) is 1. The number of nitrogens with one attached hydrogen (secondary N) is 1. The average molecular weight is 223 g/mol. The van der Waals surface area contributed by atoms with E-state index in [2.05, 4.69) is 15.2 Å². The molecule has 1 N–H and O–H groups in total. The van der Waals surface area contributed by atoms with E-state index in [0.717, 1.165) is 19.5 Å². The van der Waals surface area contributed by atoms with Crippen molar-refractivity contribution in [2.24, 2.45) is 0 Å². The van der Waals surface area contributed by atoms with E-state index in [1.807, 2.05) is 7.05 Å². The molecule has 1 aromatic heterocycles. The van der Waals surface area contributed by atoms with E-state index < -0.39 is 11.7 Å². The van der Waals surface area contributed by atoms with Gasteiger partial charge in [0.1, 0.15) is 0 Å². The highest BCUT2D eigenvalue weighted by Crippen LogP contribution is 2.08. The van der Waals surface area contributed by atoms with Crippen molar-refractivity contribution < 1.29 is 9.18 Å². The lowest BCUT2D eigenvalue weighted by Crippen LogP contribution is -2.37. The van der Waals surface area contributed by atoms with Crippen molar-refractivity contribution in [2.75, 3.05) is 20.1 Å². The van der Waals surface area contributed by atoms with Gasteiger partial charge in [-0.05, 0) is 32.1 Å². The van der Waals surface area contributed by atoms with Gasteiger partial charge in [-0.3, -0.25) is 4.79 Å². The third kappa shape index (κ3) is 2.36. The molecule has 0 aromatic carbocycles. The molecule has 4 nitrogen and oxygen atoms in total. The number of amides is 1. The molecule has 86 valence electrons. The molecule has 1 aliphatic heterocycles. The molecule has 0 saturated carbocycles. The van der Waals surface area contributed by atoms with Gasteiger partial charge in [0.2, 0.25) is 0 Å². The molecular weight excluding hydrogens is 209 g/mol. The maximum Gasteiger partial charge on any atom is 0.273 e. The maximum absolute atomic E-state index is 13.3. The SMILES string of the molecule is CN1CCC(NC(=O)c2ncccc2F)C1. The van der Waals surface area contributed by atoms with E-state index in [9.17, 15) is 9.18 Å². The van der Waals surface area contributed by atoms with Crippen LogP contribution in [0.15, 0.2) is 18.3 Å². The zero-order valence-electron chi connectivity index (χ0n) is 9.11. The standard InChI is InChI=1S/C11H14FN3O/c1-15-6-4-8(7-15)14-11(16)10-9(12)3-2-5-13-10/h2-3,5,8H,4,6-7H2,1H3,(H,14,16). The Morgan fingerprint density at radius 3 is 3.12 bits per heavy atom. The number of aromatic nitrogens is 1. The molecule has 1 aliphatic rings. The van der Waals surface area contributed by atoms with E-state index in [-0.39, 0.29) is 11.7 Å². The van der Waals surface area contributed by atoms with Crippen LogP contribution in [-0.4, -0.2) is 42.0 Å². The van der Waals surface area contributed by atoms with Gasteiger partial charge in [-0.2, -0.15) is 0 Å². The lowest BCUT2D eigenvalue weighted by molar-refractivity contribution is 0.0929. The smallest absolute Gasteiger partial charge is 0.273 e. The monoisotopic (exact) mass is 223 g/mol. The van der Waals surface area contributed by atoms with Crippen molar-refractivity contribution in [3.63, 3.8) is 0 Å². The Morgan fingerprint density at radius 2 is 2.50 bits per heavy atom. The fourth-order valence-electron chi connectivity index (χ4n) is 1.86. The molecular formula is C11H14FN3O. The van der Waals surface area contributed by atoms with Gasteiger partial charge in [0.15, 0.2) is 11.5 Å². The number of likely N-dealkylation sites (tertiary alicyclic amines) is 1. The van der Waals surface area contributed by atoms with Gasteiger partial charge < -0.3 is 10.2 Å². The molecule has 1 atom stereocenters. The van der Waals surface area contributed by atoms with Crippen LogP contribution in [-0.2, 0) is 0 Å². The number of pyridine rings is 1. The second-order valence-electron chi connectivity index (χ2n) is 4.06. The van der Waals surface area contributed by atoms with Crippen molar-refractivity contribution in [1.82, 2.24) is 15.2 Å². The maximum atomic E-state index is 13.3. The van der Waals surface area contributed by atoms with Crippen LogP contribution in [0.1, 0.15) is 16.9 Å². The Bertz CT molecular complexity index is 397. The summed E-state index contributed by atoms with van der Waals surface area (Å²) in [7, 11) is 1.99. The van der Waals surface area contributed by atoms with Gasteiger partial charge in [0.05, 0.1) is 0 Å². The first-order valence-electron chi connectivity index (χ1n) is 5.27. The first-order valence-corrected chi connectivity index (χ1v) is 5.27. The molecule has 1 unspecified atom stereocenters. The second kappa shape index (κ2) is 4.57. The summed E-state index contributed by atoms with van der Waals surface area (Å²) in [5.74, 6) is -1.01. The van der Waals surface area contributed by atoms with Gasteiger partial charge in [-0.1, -0.05) is 0 Å². The third-order valence-electron chi connectivity index (χ3n) is 2.70. The summed E-state index contributed by atoms with van der Waals surface area (Å²) < 4.78 is 13.3. The molecule has 1 amide bonds. The Kier molecular flexibility index (Phi) is 3.14. The Morgan fingerprint density at radius 1 is 1.69 bits per heavy atom. The van der Waals surface area contributed by atoms with Crippen LogP contribution in [0.4, 0.5) is 4.39 Å². The second-order valence-corrected chi connectivity index (χ2v) is 4.06. The fraction of sp³-hybridized carbons (Fsp3) is 0.455. The van der Waals surface area contributed by atoms with Crippen LogP contribution in [0.3, 0.4) is 0 Å². The topological polar surface area (TPSA) is 45.2 Å². The van der Waals surface area contributed by atoms with Crippen molar-refractivity contribution in [3.05, 3.63) is 29.8 Å². The van der Waals surface area contributed by atoms with E-state index in [4.69, 9.17) is 0 Å². The van der Waals surface area contributed by atoms with Gasteiger partial charge in [0, 0.05) is 18.8 Å². The van der Waals surface area contributed by atoms with Gasteiger partial charge in [-0.25, -0.2) is 9.37 Å². The number of carbonyl (C=O) groups excluding carboxylic acids is 1. The van der Waals surface area contributed by atoms with Gasteiger partial charge >= 0.3 is 0 Å². The summed E-state index contributed by atoms with van der Waals surface area (Å²) in [6.07, 6.45) is 2.31. The Labute approximate surface area is 93.5 Å². The Hall–Kier alpha value is -1.49. The lowest BCUT2D eigenvalue weighted by atomic mass is 10.2. The van der Waals surface area contributed by atoms with Crippen molar-refractivity contribution in [1.29, 1.82) is 0 Å². The minimum Gasteiger partial charge on any atom is -0.347 e. The number of carbonyl (C=O) groups is 1. The summed E-state index contributed by atoms with van der Waals surface area (Å²) >= 11 is 0. The molecule has 16 heavy (non-hydrogen) atoms. The minimum absolute atomic E-state index is 0.0962.